The molecule has 0 spiro atoms. The van der Waals surface area contributed by atoms with Crippen LogP contribution < -0.4 is 16.0 Å². The molecule has 10 nitrogen and oxygen atoms in total. The smallest absolute Gasteiger partial charge is 0.329 e. The van der Waals surface area contributed by atoms with Crippen LogP contribution >= 0.6 is 11.8 Å². The predicted molar refractivity (Wildman–Crippen MR) is 107 cm³/mol. The van der Waals surface area contributed by atoms with E-state index in [0.29, 0.717) is 5.75 Å². The summed E-state index contributed by atoms with van der Waals surface area (Å²) in [7, 11) is 1.45. The molecule has 3 N–H and O–H groups in total. The third-order valence-corrected chi connectivity index (χ3v) is 5.18. The second kappa shape index (κ2) is 8.53. The van der Waals surface area contributed by atoms with Gasteiger partial charge >= 0.3 is 11.7 Å². The summed E-state index contributed by atoms with van der Waals surface area (Å²) in [6.45, 7) is 1.77. The number of nitrogens with zero attached hydrogens (tertiary/aromatic N) is 3. The minimum absolute atomic E-state index is 0.0444. The fraction of sp³-hybridized carbons (Fsp3) is 0.333. The van der Waals surface area contributed by atoms with Crippen LogP contribution in [-0.4, -0.2) is 53.7 Å². The van der Waals surface area contributed by atoms with Gasteiger partial charge in [0.2, 0.25) is 0 Å². The molecule has 2 heterocycles. The number of aryl methyl sites for hydroxylation is 2. The van der Waals surface area contributed by atoms with Gasteiger partial charge in [0.15, 0.2) is 16.3 Å². The van der Waals surface area contributed by atoms with E-state index in [4.69, 9.17) is 9.84 Å². The van der Waals surface area contributed by atoms with E-state index in [1.807, 2.05) is 25.1 Å². The number of aliphatic carboxylic acids is 1. The van der Waals surface area contributed by atoms with Crippen LogP contribution in [0.25, 0.3) is 11.2 Å². The molecule has 3 aromatic rings. The number of H-pyrrole nitrogens is 1. The number of ether oxygens (including phenoxy) is 1. The van der Waals surface area contributed by atoms with E-state index in [0.717, 1.165) is 21.9 Å². The largest absolute Gasteiger partial charge is 0.491 e. The normalized spacial score (nSPS) is 12.2. The summed E-state index contributed by atoms with van der Waals surface area (Å²) in [5.74, 6) is -0.715. The number of aliphatic hydroxyl groups excluding tert-OH is 1. The number of carboxylic acid groups (broad SMARTS) is 1. The lowest BCUT2D eigenvalue weighted by Crippen LogP contribution is -2.30. The molecule has 154 valence electrons. The van der Waals surface area contributed by atoms with E-state index in [-0.39, 0.29) is 35.2 Å². The topological polar surface area (TPSA) is 139 Å². The summed E-state index contributed by atoms with van der Waals surface area (Å²) in [6.07, 6.45) is -1.01. The fourth-order valence-corrected chi connectivity index (χ4v) is 3.51. The van der Waals surface area contributed by atoms with E-state index in [1.54, 1.807) is 6.07 Å². The molecule has 0 fully saturated rings. The van der Waals surface area contributed by atoms with E-state index >= 15 is 0 Å². The summed E-state index contributed by atoms with van der Waals surface area (Å²) in [6, 6.07) is 7.35. The number of rotatable bonds is 8. The minimum atomic E-state index is -1.06. The SMILES string of the molecule is Cc1ccccc1OCC(O)Cn1c(SCC(=O)O)nc2c1c(=O)[nH]c(=O)n2C. The number of benzene rings is 1. The molecule has 0 bridgehead atoms. The Morgan fingerprint density at radius 3 is 2.76 bits per heavy atom. The van der Waals surface area contributed by atoms with Crippen molar-refractivity contribution in [3.63, 3.8) is 0 Å². The molecule has 0 aliphatic rings. The van der Waals surface area contributed by atoms with Crippen molar-refractivity contribution < 1.29 is 19.7 Å². The molecule has 0 amide bonds. The van der Waals surface area contributed by atoms with E-state index in [1.165, 1.54) is 11.6 Å². The number of aromatic amines is 1. The van der Waals surface area contributed by atoms with Crippen molar-refractivity contribution in [3.8, 4) is 5.75 Å². The van der Waals surface area contributed by atoms with E-state index in [2.05, 4.69) is 9.97 Å². The van der Waals surface area contributed by atoms with E-state index in [9.17, 15) is 19.5 Å². The standard InChI is InChI=1S/C18H20N4O6S/c1-10-5-3-4-6-12(10)28-8-11(23)7-22-14-15(19-18(22)29-9-13(24)25)21(2)17(27)20-16(14)26/h3-6,11,23H,7-9H2,1-2H3,(H,24,25)(H,20,26,27). The average Bonchev–Trinajstić information content (AvgIpc) is 3.03. The van der Waals surface area contributed by atoms with Crippen molar-refractivity contribution in [2.45, 2.75) is 24.7 Å². The molecule has 29 heavy (non-hydrogen) atoms. The van der Waals surface area contributed by atoms with Crippen LogP contribution in [-0.2, 0) is 18.4 Å². The first-order valence-electron chi connectivity index (χ1n) is 8.68. The van der Waals surface area contributed by atoms with Crippen LogP contribution in [0.5, 0.6) is 5.75 Å². The van der Waals surface area contributed by atoms with Gasteiger partial charge in [-0.15, -0.1) is 0 Å². The number of nitrogens with one attached hydrogen (secondary N) is 1. The van der Waals surface area contributed by atoms with Crippen LogP contribution in [0.3, 0.4) is 0 Å². The summed E-state index contributed by atoms with van der Waals surface area (Å²) < 4.78 is 8.22. The first-order chi connectivity index (χ1) is 13.8. The van der Waals surface area contributed by atoms with Gasteiger partial charge in [-0.1, -0.05) is 30.0 Å². The maximum Gasteiger partial charge on any atom is 0.329 e. The molecule has 2 aromatic heterocycles. The highest BCUT2D eigenvalue weighted by atomic mass is 32.2. The zero-order valence-electron chi connectivity index (χ0n) is 15.8. The van der Waals surface area contributed by atoms with Gasteiger partial charge in [0.05, 0.1) is 12.3 Å². The molecule has 1 unspecified atom stereocenters. The number of carboxylic acids is 1. The van der Waals surface area contributed by atoms with Gasteiger partial charge in [0.1, 0.15) is 18.5 Å². The third kappa shape index (κ3) is 4.51. The molecule has 0 radical (unpaired) electrons. The lowest BCUT2D eigenvalue weighted by Gasteiger charge is -2.16. The number of aromatic nitrogens is 4. The molecule has 0 aliphatic heterocycles. The molecule has 1 atom stereocenters. The highest BCUT2D eigenvalue weighted by molar-refractivity contribution is 7.99. The summed E-state index contributed by atoms with van der Waals surface area (Å²) >= 11 is 0.895. The van der Waals surface area contributed by atoms with Crippen molar-refractivity contribution in [1.29, 1.82) is 0 Å². The van der Waals surface area contributed by atoms with Crippen molar-refractivity contribution in [2.75, 3.05) is 12.4 Å². The number of fused-ring (bicyclic) bond motifs is 1. The number of hydrogen-bond donors (Lipinski definition) is 3. The van der Waals surface area contributed by atoms with Gasteiger partial charge in [0.25, 0.3) is 5.56 Å². The van der Waals surface area contributed by atoms with Gasteiger partial charge in [-0.2, -0.15) is 0 Å². The number of para-hydroxylation sites is 1. The van der Waals surface area contributed by atoms with Gasteiger partial charge in [0, 0.05) is 7.05 Å². The molecule has 0 aliphatic carbocycles. The van der Waals surface area contributed by atoms with Crippen LogP contribution in [0.4, 0.5) is 0 Å². The van der Waals surface area contributed by atoms with Gasteiger partial charge < -0.3 is 19.5 Å². The Hall–Kier alpha value is -3.05. The van der Waals surface area contributed by atoms with Crippen molar-refractivity contribution in [3.05, 3.63) is 50.7 Å². The Morgan fingerprint density at radius 2 is 2.07 bits per heavy atom. The van der Waals surface area contributed by atoms with Crippen molar-refractivity contribution in [2.24, 2.45) is 7.05 Å². The first kappa shape index (κ1) is 20.7. The lowest BCUT2D eigenvalue weighted by atomic mass is 10.2. The molecule has 3 rings (SSSR count). The molecule has 11 heteroatoms. The second-order valence-electron chi connectivity index (χ2n) is 6.41. The number of thioether (sulfide) groups is 1. The molecule has 0 saturated carbocycles. The van der Waals surface area contributed by atoms with Crippen molar-refractivity contribution >= 4 is 28.9 Å². The quantitative estimate of drug-likeness (QED) is 0.444. The number of aliphatic hydroxyl groups is 1. The second-order valence-corrected chi connectivity index (χ2v) is 7.35. The zero-order chi connectivity index (χ0) is 21.1. The van der Waals surface area contributed by atoms with Crippen LogP contribution in [0.1, 0.15) is 5.56 Å². The van der Waals surface area contributed by atoms with Gasteiger partial charge in [-0.3, -0.25) is 19.1 Å². The van der Waals surface area contributed by atoms with Gasteiger partial charge in [-0.25, -0.2) is 9.78 Å². The molecular formula is C18H20N4O6S. The third-order valence-electron chi connectivity index (χ3n) is 4.21. The monoisotopic (exact) mass is 420 g/mol. The first-order valence-corrected chi connectivity index (χ1v) is 9.67. The Kier molecular flexibility index (Phi) is 6.09. The highest BCUT2D eigenvalue weighted by Crippen LogP contribution is 2.22. The average molecular weight is 420 g/mol. The van der Waals surface area contributed by atoms with Crippen LogP contribution in [0.2, 0.25) is 0 Å². The summed E-state index contributed by atoms with van der Waals surface area (Å²) in [5.41, 5.74) is -0.194. The van der Waals surface area contributed by atoms with E-state index < -0.39 is 23.3 Å². The Morgan fingerprint density at radius 1 is 1.34 bits per heavy atom. The van der Waals surface area contributed by atoms with Crippen LogP contribution in [0.15, 0.2) is 39.0 Å². The summed E-state index contributed by atoms with van der Waals surface area (Å²) in [5, 5.41) is 19.6. The number of hydrogen-bond acceptors (Lipinski definition) is 7. The van der Waals surface area contributed by atoms with Crippen molar-refractivity contribution in [1.82, 2.24) is 19.1 Å². The summed E-state index contributed by atoms with van der Waals surface area (Å²) in [4.78, 5) is 41.6. The maximum atomic E-state index is 12.4. The predicted octanol–water partition coefficient (Wildman–Crippen LogP) is 0.348. The van der Waals surface area contributed by atoms with Crippen LogP contribution in [0, 0.1) is 6.92 Å². The molecule has 0 saturated heterocycles. The van der Waals surface area contributed by atoms with Gasteiger partial charge in [-0.05, 0) is 18.6 Å². The lowest BCUT2D eigenvalue weighted by molar-refractivity contribution is -0.133. The number of imidazole rings is 1. The molecular weight excluding hydrogens is 400 g/mol. The fourth-order valence-electron chi connectivity index (χ4n) is 2.79. The Labute approximate surface area is 168 Å². The molecule has 1 aromatic carbocycles. The number of carbonyl (C=O) groups is 1. The minimum Gasteiger partial charge on any atom is -0.491 e. The Bertz CT molecular complexity index is 1170. The Balaban J connectivity index is 1.91. The zero-order valence-corrected chi connectivity index (χ0v) is 16.6. The highest BCUT2D eigenvalue weighted by Gasteiger charge is 2.21. The maximum absolute atomic E-state index is 12.4.